The number of para-hydroxylation sites is 1. The number of nitrogens with one attached hydrogen (secondary N) is 1. The summed E-state index contributed by atoms with van der Waals surface area (Å²) in [6, 6.07) is 5.42. The fourth-order valence-corrected chi connectivity index (χ4v) is 2.26. The van der Waals surface area contributed by atoms with Crippen LogP contribution in [-0.2, 0) is 0 Å². The number of benzene rings is 1. The van der Waals surface area contributed by atoms with E-state index >= 15 is 0 Å². The molecule has 1 atom stereocenters. The molecule has 1 aromatic carbocycles. The first kappa shape index (κ1) is 14.7. The Bertz CT molecular complexity index is 564. The highest BCUT2D eigenvalue weighted by molar-refractivity contribution is 5.78. The van der Waals surface area contributed by atoms with E-state index < -0.39 is 12.6 Å². The quantitative estimate of drug-likeness (QED) is 0.910. The summed E-state index contributed by atoms with van der Waals surface area (Å²) in [5, 5.41) is 3.06. The van der Waals surface area contributed by atoms with Crippen LogP contribution in [0.3, 0.4) is 0 Å². The highest BCUT2D eigenvalue weighted by atomic mass is 19.4. The monoisotopic (exact) mass is 283 g/mol. The van der Waals surface area contributed by atoms with Crippen LogP contribution >= 0.6 is 0 Å². The first-order chi connectivity index (χ1) is 9.51. The summed E-state index contributed by atoms with van der Waals surface area (Å²) in [4.78, 5) is 8.49. The zero-order valence-electron chi connectivity index (χ0n) is 11.1. The van der Waals surface area contributed by atoms with Crippen LogP contribution in [0.2, 0.25) is 0 Å². The third-order valence-corrected chi connectivity index (χ3v) is 3.21. The maximum absolute atomic E-state index is 12.2. The number of hydrogen-bond acceptors (Lipinski definition) is 3. The predicted molar refractivity (Wildman–Crippen MR) is 71.2 cm³/mol. The van der Waals surface area contributed by atoms with Crippen molar-refractivity contribution in [2.75, 3.05) is 7.05 Å². The highest BCUT2D eigenvalue weighted by Crippen LogP contribution is 2.28. The summed E-state index contributed by atoms with van der Waals surface area (Å²) in [7, 11) is 1.74. The fraction of sp³-hybridized carbons (Fsp3) is 0.429. The third-order valence-electron chi connectivity index (χ3n) is 3.21. The van der Waals surface area contributed by atoms with E-state index in [0.717, 1.165) is 16.6 Å². The standard InChI is InChI=1S/C14H16F3N3/c1-18-11(6-3-7-14(15,16)17)10-4-2-5-12-13(10)20-9-8-19-12/h2,4-5,8-9,11,18H,3,6-7H2,1H3. The van der Waals surface area contributed by atoms with E-state index in [-0.39, 0.29) is 12.5 Å². The lowest BCUT2D eigenvalue weighted by Crippen LogP contribution is -2.18. The van der Waals surface area contributed by atoms with Gasteiger partial charge in [0.05, 0.1) is 11.0 Å². The van der Waals surface area contributed by atoms with Gasteiger partial charge in [0.25, 0.3) is 0 Å². The van der Waals surface area contributed by atoms with Crippen LogP contribution in [0.15, 0.2) is 30.6 Å². The second kappa shape index (κ2) is 6.17. The van der Waals surface area contributed by atoms with Crippen LogP contribution in [0.1, 0.15) is 30.9 Å². The Morgan fingerprint density at radius 2 is 1.95 bits per heavy atom. The summed E-state index contributed by atoms with van der Waals surface area (Å²) < 4.78 is 36.7. The fourth-order valence-electron chi connectivity index (χ4n) is 2.26. The number of rotatable bonds is 5. The van der Waals surface area contributed by atoms with E-state index in [0.29, 0.717) is 6.42 Å². The van der Waals surface area contributed by atoms with Gasteiger partial charge >= 0.3 is 6.18 Å². The molecule has 2 rings (SSSR count). The number of nitrogens with zero attached hydrogens (tertiary/aromatic N) is 2. The van der Waals surface area contributed by atoms with Gasteiger partial charge in [0.1, 0.15) is 0 Å². The number of aromatic nitrogens is 2. The molecule has 1 N–H and O–H groups in total. The van der Waals surface area contributed by atoms with E-state index in [4.69, 9.17) is 0 Å². The van der Waals surface area contributed by atoms with Gasteiger partial charge < -0.3 is 5.32 Å². The van der Waals surface area contributed by atoms with Crippen molar-refractivity contribution >= 4 is 11.0 Å². The molecule has 0 aliphatic rings. The molecule has 0 aliphatic carbocycles. The van der Waals surface area contributed by atoms with Crippen molar-refractivity contribution in [2.24, 2.45) is 0 Å². The van der Waals surface area contributed by atoms with E-state index in [2.05, 4.69) is 15.3 Å². The van der Waals surface area contributed by atoms with Crippen molar-refractivity contribution in [1.29, 1.82) is 0 Å². The molecule has 1 heterocycles. The normalized spacial score (nSPS) is 13.6. The van der Waals surface area contributed by atoms with Gasteiger partial charge in [-0.2, -0.15) is 13.2 Å². The molecule has 1 unspecified atom stereocenters. The minimum atomic E-state index is -4.10. The lowest BCUT2D eigenvalue weighted by molar-refractivity contribution is -0.135. The van der Waals surface area contributed by atoms with E-state index in [1.807, 2.05) is 18.2 Å². The molecule has 1 aromatic heterocycles. The molecule has 0 amide bonds. The molecular formula is C14H16F3N3. The average molecular weight is 283 g/mol. The van der Waals surface area contributed by atoms with Crippen LogP contribution in [0.5, 0.6) is 0 Å². The zero-order chi connectivity index (χ0) is 14.6. The Kier molecular flexibility index (Phi) is 4.54. The summed E-state index contributed by atoms with van der Waals surface area (Å²) in [6.45, 7) is 0. The first-order valence-corrected chi connectivity index (χ1v) is 6.45. The van der Waals surface area contributed by atoms with Crippen LogP contribution < -0.4 is 5.32 Å². The van der Waals surface area contributed by atoms with Crippen LogP contribution in [0.25, 0.3) is 11.0 Å². The van der Waals surface area contributed by atoms with Gasteiger partial charge in [-0.3, -0.25) is 9.97 Å². The predicted octanol–water partition coefficient (Wildman–Crippen LogP) is 3.62. The van der Waals surface area contributed by atoms with Crippen molar-refractivity contribution in [3.05, 3.63) is 36.2 Å². The molecular weight excluding hydrogens is 267 g/mol. The molecule has 0 radical (unpaired) electrons. The minimum Gasteiger partial charge on any atom is -0.313 e. The lowest BCUT2D eigenvalue weighted by Gasteiger charge is -2.18. The summed E-state index contributed by atoms with van der Waals surface area (Å²) in [5.74, 6) is 0. The molecule has 0 spiro atoms. The lowest BCUT2D eigenvalue weighted by atomic mass is 9.99. The molecule has 108 valence electrons. The van der Waals surface area contributed by atoms with Crippen molar-refractivity contribution in [2.45, 2.75) is 31.5 Å². The number of halogens is 3. The molecule has 6 heteroatoms. The van der Waals surface area contributed by atoms with Crippen molar-refractivity contribution in [3.8, 4) is 0 Å². The van der Waals surface area contributed by atoms with Crippen molar-refractivity contribution in [1.82, 2.24) is 15.3 Å². The van der Waals surface area contributed by atoms with E-state index in [9.17, 15) is 13.2 Å². The van der Waals surface area contributed by atoms with Gasteiger partial charge in [0.15, 0.2) is 0 Å². The largest absolute Gasteiger partial charge is 0.389 e. The second-order valence-electron chi connectivity index (χ2n) is 4.62. The number of fused-ring (bicyclic) bond motifs is 1. The van der Waals surface area contributed by atoms with Crippen molar-refractivity contribution < 1.29 is 13.2 Å². The Morgan fingerprint density at radius 1 is 1.20 bits per heavy atom. The smallest absolute Gasteiger partial charge is 0.313 e. The Balaban J connectivity index is 2.17. The molecule has 0 fully saturated rings. The topological polar surface area (TPSA) is 37.8 Å². The van der Waals surface area contributed by atoms with E-state index in [1.165, 1.54) is 0 Å². The van der Waals surface area contributed by atoms with Gasteiger partial charge in [-0.05, 0) is 31.5 Å². The molecule has 2 aromatic rings. The summed E-state index contributed by atoms with van der Waals surface area (Å²) in [5.41, 5.74) is 2.38. The Morgan fingerprint density at radius 3 is 2.65 bits per heavy atom. The number of hydrogen-bond donors (Lipinski definition) is 1. The van der Waals surface area contributed by atoms with Crippen LogP contribution in [0, 0.1) is 0 Å². The van der Waals surface area contributed by atoms with Crippen molar-refractivity contribution in [3.63, 3.8) is 0 Å². The summed E-state index contributed by atoms with van der Waals surface area (Å²) >= 11 is 0. The second-order valence-corrected chi connectivity index (χ2v) is 4.62. The van der Waals surface area contributed by atoms with Gasteiger partial charge in [0, 0.05) is 24.9 Å². The maximum Gasteiger partial charge on any atom is 0.389 e. The molecule has 0 saturated carbocycles. The van der Waals surface area contributed by atoms with E-state index in [1.54, 1.807) is 19.4 Å². The zero-order valence-corrected chi connectivity index (χ0v) is 11.1. The van der Waals surface area contributed by atoms with Gasteiger partial charge in [-0.1, -0.05) is 12.1 Å². The Hall–Kier alpha value is -1.69. The average Bonchev–Trinajstić information content (AvgIpc) is 2.42. The maximum atomic E-state index is 12.2. The molecule has 0 bridgehead atoms. The third kappa shape index (κ3) is 3.66. The first-order valence-electron chi connectivity index (χ1n) is 6.45. The SMILES string of the molecule is CNC(CCCC(F)(F)F)c1cccc2nccnc12. The molecule has 0 aliphatic heterocycles. The van der Waals surface area contributed by atoms with Crippen LogP contribution in [-0.4, -0.2) is 23.2 Å². The minimum absolute atomic E-state index is 0.0889. The highest BCUT2D eigenvalue weighted by Gasteiger charge is 2.27. The van der Waals surface area contributed by atoms with Gasteiger partial charge in [-0.15, -0.1) is 0 Å². The van der Waals surface area contributed by atoms with Gasteiger partial charge in [-0.25, -0.2) is 0 Å². The molecule has 3 nitrogen and oxygen atoms in total. The molecule has 20 heavy (non-hydrogen) atoms. The number of alkyl halides is 3. The van der Waals surface area contributed by atoms with Gasteiger partial charge in [0.2, 0.25) is 0 Å². The Labute approximate surface area is 115 Å². The summed E-state index contributed by atoms with van der Waals surface area (Å²) in [6.07, 6.45) is -1.17. The molecule has 0 saturated heterocycles. The van der Waals surface area contributed by atoms with Crippen LogP contribution in [0.4, 0.5) is 13.2 Å².